The smallest absolute Gasteiger partial charge is 0.257 e. The molecule has 2 aromatic carbocycles. The van der Waals surface area contributed by atoms with Crippen molar-refractivity contribution >= 4 is 11.6 Å². The maximum absolute atomic E-state index is 12.6. The summed E-state index contributed by atoms with van der Waals surface area (Å²) in [6.45, 7) is 0. The van der Waals surface area contributed by atoms with Crippen LogP contribution >= 0.6 is 0 Å². The molecule has 0 radical (unpaired) electrons. The number of phenols is 1. The van der Waals surface area contributed by atoms with E-state index >= 15 is 0 Å². The van der Waals surface area contributed by atoms with Gasteiger partial charge in [0, 0.05) is 24.0 Å². The molecule has 26 heavy (non-hydrogen) atoms. The van der Waals surface area contributed by atoms with Gasteiger partial charge in [0.05, 0.1) is 25.5 Å². The highest BCUT2D eigenvalue weighted by Crippen LogP contribution is 2.29. The number of aromatic hydroxyl groups is 1. The fourth-order valence-corrected chi connectivity index (χ4v) is 2.47. The van der Waals surface area contributed by atoms with E-state index in [2.05, 4.69) is 10.3 Å². The largest absolute Gasteiger partial charge is 0.508 e. The predicted octanol–water partition coefficient (Wildman–Crippen LogP) is 3.72. The Hall–Kier alpha value is -3.54. The molecular weight excluding hydrogens is 332 g/mol. The number of amides is 1. The first-order chi connectivity index (χ1) is 12.6. The summed E-state index contributed by atoms with van der Waals surface area (Å²) in [5.74, 6) is 1.01. The number of carbonyl (C=O) groups excluding carboxylic acids is 1. The number of phenolic OH excluding ortho intramolecular Hbond substituents is 1. The number of nitrogens with zero attached hydrogens (tertiary/aromatic N) is 1. The van der Waals surface area contributed by atoms with Crippen LogP contribution in [0.3, 0.4) is 0 Å². The van der Waals surface area contributed by atoms with E-state index < -0.39 is 0 Å². The monoisotopic (exact) mass is 350 g/mol. The minimum absolute atomic E-state index is 0.183. The lowest BCUT2D eigenvalue weighted by molar-refractivity contribution is 0.102. The molecule has 0 fully saturated rings. The van der Waals surface area contributed by atoms with E-state index in [4.69, 9.17) is 9.47 Å². The lowest BCUT2D eigenvalue weighted by Gasteiger charge is -2.12. The van der Waals surface area contributed by atoms with Crippen LogP contribution in [-0.4, -0.2) is 30.2 Å². The Bertz CT molecular complexity index is 923. The SMILES string of the molecule is COc1ccc(NC(=O)c2cncc(-c3ccc(O)cc3)c2)c(OC)c1. The molecular formula is C20H18N2O4. The van der Waals surface area contributed by atoms with Gasteiger partial charge in [-0.15, -0.1) is 0 Å². The van der Waals surface area contributed by atoms with Gasteiger partial charge in [-0.3, -0.25) is 9.78 Å². The zero-order valence-corrected chi connectivity index (χ0v) is 14.4. The van der Waals surface area contributed by atoms with E-state index in [1.54, 1.807) is 61.8 Å². The zero-order chi connectivity index (χ0) is 18.5. The van der Waals surface area contributed by atoms with Crippen molar-refractivity contribution in [1.82, 2.24) is 4.98 Å². The molecule has 0 aliphatic carbocycles. The molecule has 0 bridgehead atoms. The minimum atomic E-state index is -0.304. The number of anilines is 1. The topological polar surface area (TPSA) is 80.7 Å². The first kappa shape index (κ1) is 17.3. The number of methoxy groups -OCH3 is 2. The van der Waals surface area contributed by atoms with Crippen molar-refractivity contribution in [2.24, 2.45) is 0 Å². The van der Waals surface area contributed by atoms with E-state index in [0.29, 0.717) is 22.7 Å². The Kier molecular flexibility index (Phi) is 5.03. The third-order valence-electron chi connectivity index (χ3n) is 3.86. The lowest BCUT2D eigenvalue weighted by Crippen LogP contribution is -2.13. The summed E-state index contributed by atoms with van der Waals surface area (Å²) < 4.78 is 10.4. The van der Waals surface area contributed by atoms with Gasteiger partial charge in [-0.05, 0) is 35.9 Å². The summed E-state index contributed by atoms with van der Waals surface area (Å²) in [6, 6.07) is 13.6. The van der Waals surface area contributed by atoms with Crippen LogP contribution in [0.1, 0.15) is 10.4 Å². The molecule has 0 unspecified atom stereocenters. The minimum Gasteiger partial charge on any atom is -0.508 e. The van der Waals surface area contributed by atoms with Gasteiger partial charge in [0.15, 0.2) is 0 Å². The van der Waals surface area contributed by atoms with Crippen LogP contribution in [0.25, 0.3) is 11.1 Å². The highest BCUT2D eigenvalue weighted by atomic mass is 16.5. The molecule has 6 nitrogen and oxygen atoms in total. The Labute approximate surface area is 151 Å². The van der Waals surface area contributed by atoms with Gasteiger partial charge in [-0.2, -0.15) is 0 Å². The van der Waals surface area contributed by atoms with E-state index in [1.165, 1.54) is 13.3 Å². The molecule has 0 saturated carbocycles. The molecule has 1 amide bonds. The van der Waals surface area contributed by atoms with E-state index in [-0.39, 0.29) is 11.7 Å². The van der Waals surface area contributed by atoms with Gasteiger partial charge in [0.2, 0.25) is 0 Å². The number of pyridine rings is 1. The number of rotatable bonds is 5. The molecule has 6 heteroatoms. The second kappa shape index (κ2) is 7.57. The molecule has 3 aromatic rings. The van der Waals surface area contributed by atoms with E-state index in [1.807, 2.05) is 0 Å². The van der Waals surface area contributed by atoms with Crippen molar-refractivity contribution in [1.29, 1.82) is 0 Å². The highest BCUT2D eigenvalue weighted by Gasteiger charge is 2.12. The number of nitrogens with one attached hydrogen (secondary N) is 1. The van der Waals surface area contributed by atoms with Gasteiger partial charge in [-0.25, -0.2) is 0 Å². The van der Waals surface area contributed by atoms with Crippen molar-refractivity contribution in [3.8, 4) is 28.4 Å². The number of ether oxygens (including phenoxy) is 2. The Balaban J connectivity index is 1.85. The Morgan fingerprint density at radius 2 is 1.73 bits per heavy atom. The van der Waals surface area contributed by atoms with Crippen LogP contribution in [0.2, 0.25) is 0 Å². The van der Waals surface area contributed by atoms with Gasteiger partial charge in [0.25, 0.3) is 5.91 Å². The molecule has 0 atom stereocenters. The average Bonchev–Trinajstić information content (AvgIpc) is 2.69. The fraction of sp³-hybridized carbons (Fsp3) is 0.100. The molecule has 1 aromatic heterocycles. The van der Waals surface area contributed by atoms with Crippen LogP contribution in [0.4, 0.5) is 5.69 Å². The van der Waals surface area contributed by atoms with Crippen molar-refractivity contribution < 1.29 is 19.4 Å². The number of benzene rings is 2. The molecule has 0 spiro atoms. The van der Waals surface area contributed by atoms with E-state index in [9.17, 15) is 9.90 Å². The van der Waals surface area contributed by atoms with Gasteiger partial charge >= 0.3 is 0 Å². The standard InChI is InChI=1S/C20H18N2O4/c1-25-17-7-8-18(19(10-17)26-2)22-20(24)15-9-14(11-21-12-15)13-3-5-16(23)6-4-13/h3-12,23H,1-2H3,(H,22,24). The summed E-state index contributed by atoms with van der Waals surface area (Å²) in [6.07, 6.45) is 3.16. The summed E-state index contributed by atoms with van der Waals surface area (Å²) in [5.41, 5.74) is 2.58. The third-order valence-corrected chi connectivity index (χ3v) is 3.86. The second-order valence-corrected chi connectivity index (χ2v) is 5.53. The van der Waals surface area contributed by atoms with Gasteiger partial charge in [-0.1, -0.05) is 12.1 Å². The Morgan fingerprint density at radius 3 is 2.42 bits per heavy atom. The van der Waals surface area contributed by atoms with E-state index in [0.717, 1.165) is 11.1 Å². The summed E-state index contributed by atoms with van der Waals surface area (Å²) >= 11 is 0. The molecule has 2 N–H and O–H groups in total. The number of aromatic nitrogens is 1. The maximum atomic E-state index is 12.6. The Morgan fingerprint density at radius 1 is 0.962 bits per heavy atom. The first-order valence-corrected chi connectivity index (χ1v) is 7.88. The lowest BCUT2D eigenvalue weighted by atomic mass is 10.1. The third kappa shape index (κ3) is 3.75. The van der Waals surface area contributed by atoms with Crippen molar-refractivity contribution in [2.75, 3.05) is 19.5 Å². The molecule has 0 saturated heterocycles. The second-order valence-electron chi connectivity index (χ2n) is 5.53. The molecule has 1 heterocycles. The number of hydrogen-bond donors (Lipinski definition) is 2. The predicted molar refractivity (Wildman–Crippen MR) is 98.8 cm³/mol. The van der Waals surface area contributed by atoms with Crippen LogP contribution in [0.15, 0.2) is 60.9 Å². The molecule has 0 aliphatic rings. The van der Waals surface area contributed by atoms with Crippen molar-refractivity contribution in [3.05, 3.63) is 66.5 Å². The fourth-order valence-electron chi connectivity index (χ4n) is 2.47. The van der Waals surface area contributed by atoms with Gasteiger partial charge < -0.3 is 19.9 Å². The average molecular weight is 350 g/mol. The first-order valence-electron chi connectivity index (χ1n) is 7.88. The number of carbonyl (C=O) groups is 1. The normalized spacial score (nSPS) is 10.2. The van der Waals surface area contributed by atoms with Crippen LogP contribution < -0.4 is 14.8 Å². The van der Waals surface area contributed by atoms with Crippen molar-refractivity contribution in [2.45, 2.75) is 0 Å². The van der Waals surface area contributed by atoms with Gasteiger partial charge in [0.1, 0.15) is 17.2 Å². The summed E-state index contributed by atoms with van der Waals surface area (Å²) in [7, 11) is 3.09. The zero-order valence-electron chi connectivity index (χ0n) is 14.4. The quantitative estimate of drug-likeness (QED) is 0.733. The van der Waals surface area contributed by atoms with Crippen LogP contribution in [0.5, 0.6) is 17.2 Å². The summed E-state index contributed by atoms with van der Waals surface area (Å²) in [4.78, 5) is 16.7. The highest BCUT2D eigenvalue weighted by molar-refractivity contribution is 6.05. The van der Waals surface area contributed by atoms with Crippen LogP contribution in [-0.2, 0) is 0 Å². The molecule has 3 rings (SSSR count). The number of hydrogen-bond acceptors (Lipinski definition) is 5. The molecule has 132 valence electrons. The van der Waals surface area contributed by atoms with Crippen molar-refractivity contribution in [3.63, 3.8) is 0 Å². The summed E-state index contributed by atoms with van der Waals surface area (Å²) in [5, 5.41) is 12.2. The van der Waals surface area contributed by atoms with Crippen LogP contribution in [0, 0.1) is 0 Å². The molecule has 0 aliphatic heterocycles. The maximum Gasteiger partial charge on any atom is 0.257 e.